The van der Waals surface area contributed by atoms with Crippen molar-refractivity contribution in [2.45, 2.75) is 13.5 Å². The highest BCUT2D eigenvalue weighted by Crippen LogP contribution is 2.19. The molecule has 0 aliphatic carbocycles. The lowest BCUT2D eigenvalue weighted by molar-refractivity contribution is 0.101. The van der Waals surface area contributed by atoms with Crippen molar-refractivity contribution in [2.75, 3.05) is 21.2 Å². The lowest BCUT2D eigenvalue weighted by atomic mass is 10.0. The molecule has 1 rings (SSSR count). The van der Waals surface area contributed by atoms with Crippen LogP contribution in [-0.4, -0.2) is 31.9 Å². The number of Topliss-reactive ketones (excluding diaryl/α,β-unsaturated/α-hetero) is 1. The van der Waals surface area contributed by atoms with Crippen LogP contribution in [-0.2, 0) is 6.54 Å². The molecule has 0 saturated heterocycles. The van der Waals surface area contributed by atoms with E-state index in [9.17, 15) is 4.79 Å². The molecule has 0 aliphatic rings. The van der Waals surface area contributed by atoms with E-state index in [4.69, 9.17) is 4.74 Å². The van der Waals surface area contributed by atoms with Gasteiger partial charge in [-0.2, -0.15) is 0 Å². The molecule has 0 aromatic heterocycles. The number of hydrogen-bond acceptors (Lipinski definition) is 3. The third-order valence-electron chi connectivity index (χ3n) is 2.18. The summed E-state index contributed by atoms with van der Waals surface area (Å²) < 4.78 is 5.14. The van der Waals surface area contributed by atoms with Crippen molar-refractivity contribution < 1.29 is 9.53 Å². The van der Waals surface area contributed by atoms with Crippen LogP contribution in [0.2, 0.25) is 0 Å². The molecule has 0 bridgehead atoms. The monoisotopic (exact) mass is 207 g/mol. The number of ketones is 1. The average Bonchev–Trinajstić information content (AvgIpc) is 2.16. The van der Waals surface area contributed by atoms with Gasteiger partial charge in [-0.25, -0.2) is 0 Å². The Morgan fingerprint density at radius 2 is 2.07 bits per heavy atom. The molecule has 0 atom stereocenters. The van der Waals surface area contributed by atoms with Gasteiger partial charge < -0.3 is 9.64 Å². The zero-order valence-electron chi connectivity index (χ0n) is 9.70. The van der Waals surface area contributed by atoms with Crippen LogP contribution in [0.1, 0.15) is 22.8 Å². The van der Waals surface area contributed by atoms with E-state index in [0.717, 1.165) is 23.4 Å². The number of hydrogen-bond donors (Lipinski definition) is 0. The molecule has 0 unspecified atom stereocenters. The lowest BCUT2D eigenvalue weighted by Gasteiger charge is -2.13. The van der Waals surface area contributed by atoms with E-state index in [-0.39, 0.29) is 5.78 Å². The van der Waals surface area contributed by atoms with E-state index >= 15 is 0 Å². The first-order valence-electron chi connectivity index (χ1n) is 4.87. The van der Waals surface area contributed by atoms with E-state index in [1.165, 1.54) is 0 Å². The topological polar surface area (TPSA) is 29.5 Å². The zero-order chi connectivity index (χ0) is 11.4. The van der Waals surface area contributed by atoms with Crippen molar-refractivity contribution >= 4 is 5.78 Å². The molecule has 0 saturated carbocycles. The second-order valence-corrected chi connectivity index (χ2v) is 3.82. The molecule has 0 fully saturated rings. The minimum atomic E-state index is 0.0921. The molecule has 15 heavy (non-hydrogen) atoms. The van der Waals surface area contributed by atoms with E-state index < -0.39 is 0 Å². The molecule has 0 heterocycles. The molecule has 0 amide bonds. The highest BCUT2D eigenvalue weighted by molar-refractivity contribution is 5.95. The summed E-state index contributed by atoms with van der Waals surface area (Å²) in [5, 5.41) is 0. The van der Waals surface area contributed by atoms with E-state index in [1.54, 1.807) is 14.0 Å². The lowest BCUT2D eigenvalue weighted by Crippen LogP contribution is -2.13. The fourth-order valence-corrected chi connectivity index (χ4v) is 1.51. The quantitative estimate of drug-likeness (QED) is 0.707. The third kappa shape index (κ3) is 3.06. The predicted molar refractivity (Wildman–Crippen MR) is 60.4 cm³/mol. The second-order valence-electron chi connectivity index (χ2n) is 3.82. The maximum atomic E-state index is 11.4. The number of rotatable bonds is 4. The minimum Gasteiger partial charge on any atom is -0.497 e. The molecular weight excluding hydrogens is 190 g/mol. The Bertz CT molecular complexity index is 359. The molecule has 3 heteroatoms. The maximum Gasteiger partial charge on any atom is 0.160 e. The zero-order valence-corrected chi connectivity index (χ0v) is 9.70. The van der Waals surface area contributed by atoms with Crippen LogP contribution in [0.25, 0.3) is 0 Å². The largest absolute Gasteiger partial charge is 0.497 e. The standard InChI is InChI=1S/C12H17NO2/c1-9(14)12-6-5-11(15-4)7-10(12)8-13(2)3/h5-7H,8H2,1-4H3. The molecule has 1 aromatic rings. The van der Waals surface area contributed by atoms with Crippen LogP contribution in [0, 0.1) is 0 Å². The molecule has 0 N–H and O–H groups in total. The van der Waals surface area contributed by atoms with Crippen molar-refractivity contribution in [3.05, 3.63) is 29.3 Å². The number of benzene rings is 1. The van der Waals surface area contributed by atoms with Gasteiger partial charge >= 0.3 is 0 Å². The third-order valence-corrected chi connectivity index (χ3v) is 2.18. The maximum absolute atomic E-state index is 11.4. The Hall–Kier alpha value is -1.35. The van der Waals surface area contributed by atoms with Crippen LogP contribution in [0.3, 0.4) is 0 Å². The van der Waals surface area contributed by atoms with Crippen LogP contribution >= 0.6 is 0 Å². The Morgan fingerprint density at radius 1 is 1.40 bits per heavy atom. The Morgan fingerprint density at radius 3 is 2.53 bits per heavy atom. The normalized spacial score (nSPS) is 10.5. The van der Waals surface area contributed by atoms with Gasteiger partial charge in [-0.1, -0.05) is 0 Å². The highest BCUT2D eigenvalue weighted by atomic mass is 16.5. The van der Waals surface area contributed by atoms with Gasteiger partial charge in [0, 0.05) is 12.1 Å². The van der Waals surface area contributed by atoms with Gasteiger partial charge in [-0.3, -0.25) is 4.79 Å². The van der Waals surface area contributed by atoms with Gasteiger partial charge in [0.1, 0.15) is 5.75 Å². The van der Waals surface area contributed by atoms with Crippen molar-refractivity contribution in [2.24, 2.45) is 0 Å². The Balaban J connectivity index is 3.10. The summed E-state index contributed by atoms with van der Waals surface area (Å²) in [5.74, 6) is 0.881. The molecule has 82 valence electrons. The van der Waals surface area contributed by atoms with E-state index in [2.05, 4.69) is 0 Å². The number of carbonyl (C=O) groups excluding carboxylic acids is 1. The Labute approximate surface area is 90.7 Å². The number of nitrogens with zero attached hydrogens (tertiary/aromatic N) is 1. The molecule has 3 nitrogen and oxygen atoms in total. The summed E-state index contributed by atoms with van der Waals surface area (Å²) in [6.07, 6.45) is 0. The van der Waals surface area contributed by atoms with Crippen LogP contribution in [0.5, 0.6) is 5.75 Å². The number of carbonyl (C=O) groups is 1. The van der Waals surface area contributed by atoms with Crippen molar-refractivity contribution in [1.29, 1.82) is 0 Å². The van der Waals surface area contributed by atoms with Crippen molar-refractivity contribution in [1.82, 2.24) is 4.90 Å². The summed E-state index contributed by atoms with van der Waals surface area (Å²) in [4.78, 5) is 13.4. The Kier molecular flexibility index (Phi) is 3.86. The molecule has 0 radical (unpaired) electrons. The summed E-state index contributed by atoms with van der Waals surface area (Å²) in [5.41, 5.74) is 1.77. The van der Waals surface area contributed by atoms with Crippen molar-refractivity contribution in [3.8, 4) is 5.75 Å². The first-order valence-corrected chi connectivity index (χ1v) is 4.87. The van der Waals surface area contributed by atoms with Gasteiger partial charge in [0.2, 0.25) is 0 Å². The smallest absolute Gasteiger partial charge is 0.160 e. The molecule has 0 spiro atoms. The first kappa shape index (κ1) is 11.7. The van der Waals surface area contributed by atoms with E-state index in [0.29, 0.717) is 0 Å². The van der Waals surface area contributed by atoms with Crippen LogP contribution in [0.15, 0.2) is 18.2 Å². The fourth-order valence-electron chi connectivity index (χ4n) is 1.51. The van der Waals surface area contributed by atoms with Crippen molar-refractivity contribution in [3.63, 3.8) is 0 Å². The van der Waals surface area contributed by atoms with Crippen LogP contribution in [0.4, 0.5) is 0 Å². The summed E-state index contributed by atoms with van der Waals surface area (Å²) >= 11 is 0. The van der Waals surface area contributed by atoms with Gasteiger partial charge in [-0.05, 0) is 44.8 Å². The van der Waals surface area contributed by atoms with Gasteiger partial charge in [-0.15, -0.1) is 0 Å². The highest BCUT2D eigenvalue weighted by Gasteiger charge is 2.09. The second kappa shape index (κ2) is 4.94. The SMILES string of the molecule is COc1ccc(C(C)=O)c(CN(C)C)c1. The molecule has 0 aliphatic heterocycles. The van der Waals surface area contributed by atoms with Gasteiger partial charge in [0.15, 0.2) is 5.78 Å². The van der Waals surface area contributed by atoms with Crippen LogP contribution < -0.4 is 4.74 Å². The first-order chi connectivity index (χ1) is 7.04. The van der Waals surface area contributed by atoms with Gasteiger partial charge in [0.25, 0.3) is 0 Å². The fraction of sp³-hybridized carbons (Fsp3) is 0.417. The summed E-state index contributed by atoms with van der Waals surface area (Å²) in [6, 6.07) is 5.55. The molecule has 1 aromatic carbocycles. The van der Waals surface area contributed by atoms with Gasteiger partial charge in [0.05, 0.1) is 7.11 Å². The summed E-state index contributed by atoms with van der Waals surface area (Å²) in [6.45, 7) is 2.33. The molecular formula is C12H17NO2. The average molecular weight is 207 g/mol. The summed E-state index contributed by atoms with van der Waals surface area (Å²) in [7, 11) is 5.58. The number of methoxy groups -OCH3 is 1. The minimum absolute atomic E-state index is 0.0921. The van der Waals surface area contributed by atoms with E-state index in [1.807, 2.05) is 37.2 Å². The predicted octanol–water partition coefficient (Wildman–Crippen LogP) is 1.96. The number of ether oxygens (including phenoxy) is 1.